The molecule has 0 saturated heterocycles. The first-order valence-corrected chi connectivity index (χ1v) is 13.5. The van der Waals surface area contributed by atoms with Gasteiger partial charge in [-0.3, -0.25) is 9.59 Å². The first-order chi connectivity index (χ1) is 16.4. The molecule has 2 aromatic carbocycles. The van der Waals surface area contributed by atoms with Crippen molar-refractivity contribution in [1.82, 2.24) is 9.62 Å². The second-order valence-corrected chi connectivity index (χ2v) is 11.0. The Kier molecular flexibility index (Phi) is 7.45. The van der Waals surface area contributed by atoms with Crippen LogP contribution in [0.15, 0.2) is 70.9 Å². The molecule has 4 rings (SSSR count). The molecule has 0 radical (unpaired) electrons. The van der Waals surface area contributed by atoms with E-state index in [1.54, 1.807) is 30.4 Å². The SMILES string of the molecule is CCC(=O)Nc1ccc(S(=O)(=O)N2CCc3ccccc3[C@@H]2CC(=O)NCc2cccs2)cc1. The number of sulfonamides is 1. The van der Waals surface area contributed by atoms with Crippen molar-refractivity contribution in [3.8, 4) is 0 Å². The summed E-state index contributed by atoms with van der Waals surface area (Å²) in [5, 5.41) is 7.59. The molecular formula is C25H27N3O4S2. The van der Waals surface area contributed by atoms with E-state index in [9.17, 15) is 18.0 Å². The maximum atomic E-state index is 13.6. The average Bonchev–Trinajstić information content (AvgIpc) is 3.37. The normalized spacial score (nSPS) is 16.0. The van der Waals surface area contributed by atoms with Crippen molar-refractivity contribution < 1.29 is 18.0 Å². The summed E-state index contributed by atoms with van der Waals surface area (Å²) in [5.41, 5.74) is 2.46. The molecule has 0 saturated carbocycles. The summed E-state index contributed by atoms with van der Waals surface area (Å²) < 4.78 is 28.7. The number of anilines is 1. The number of thiophene rings is 1. The van der Waals surface area contributed by atoms with Crippen LogP contribution in [0.1, 0.15) is 41.8 Å². The Morgan fingerprint density at radius 1 is 1.03 bits per heavy atom. The van der Waals surface area contributed by atoms with Crippen LogP contribution in [-0.2, 0) is 32.6 Å². The standard InChI is InChI=1S/C25H27N3O4S2/c1-2-24(29)27-19-9-11-21(12-10-19)34(31,32)28-14-13-18-6-3-4-8-22(18)23(28)16-25(30)26-17-20-7-5-15-33-20/h3-12,15,23H,2,13-14,16-17H2,1H3,(H,26,30)(H,27,29)/t23-/m0/s1. The third-order valence-corrected chi connectivity index (χ3v) is 8.65. The van der Waals surface area contributed by atoms with Crippen LogP contribution < -0.4 is 10.6 Å². The highest BCUT2D eigenvalue weighted by atomic mass is 32.2. The maximum absolute atomic E-state index is 13.6. The fourth-order valence-corrected chi connectivity index (χ4v) is 6.32. The van der Waals surface area contributed by atoms with Crippen LogP contribution in [-0.4, -0.2) is 31.1 Å². The molecule has 178 valence electrons. The minimum Gasteiger partial charge on any atom is -0.351 e. The number of benzene rings is 2. The van der Waals surface area contributed by atoms with E-state index in [2.05, 4.69) is 10.6 Å². The third kappa shape index (κ3) is 5.38. The van der Waals surface area contributed by atoms with E-state index < -0.39 is 16.1 Å². The zero-order chi connectivity index (χ0) is 24.1. The van der Waals surface area contributed by atoms with E-state index in [1.165, 1.54) is 16.4 Å². The van der Waals surface area contributed by atoms with Crippen LogP contribution >= 0.6 is 11.3 Å². The lowest BCUT2D eigenvalue weighted by atomic mass is 9.92. The van der Waals surface area contributed by atoms with Gasteiger partial charge in [0.15, 0.2) is 0 Å². The lowest BCUT2D eigenvalue weighted by molar-refractivity contribution is -0.122. The summed E-state index contributed by atoms with van der Waals surface area (Å²) in [6.07, 6.45) is 0.948. The Balaban J connectivity index is 1.58. The first kappa shape index (κ1) is 24.1. The van der Waals surface area contributed by atoms with Gasteiger partial charge in [0.1, 0.15) is 0 Å². The number of rotatable bonds is 8. The fourth-order valence-electron chi connectivity index (χ4n) is 4.07. The molecule has 0 unspecified atom stereocenters. The highest BCUT2D eigenvalue weighted by Crippen LogP contribution is 2.36. The summed E-state index contributed by atoms with van der Waals surface area (Å²) in [6.45, 7) is 2.46. The molecule has 1 aliphatic heterocycles. The highest BCUT2D eigenvalue weighted by molar-refractivity contribution is 7.89. The van der Waals surface area contributed by atoms with Crippen molar-refractivity contribution >= 4 is 38.9 Å². The van der Waals surface area contributed by atoms with Crippen LogP contribution in [0.4, 0.5) is 5.69 Å². The highest BCUT2D eigenvalue weighted by Gasteiger charge is 2.37. The Morgan fingerprint density at radius 2 is 1.79 bits per heavy atom. The Morgan fingerprint density at radius 3 is 2.50 bits per heavy atom. The zero-order valence-electron chi connectivity index (χ0n) is 18.9. The third-order valence-electron chi connectivity index (χ3n) is 5.85. The molecule has 9 heteroatoms. The Bertz CT molecular complexity index is 1260. The van der Waals surface area contributed by atoms with Crippen molar-refractivity contribution in [3.05, 3.63) is 82.0 Å². The van der Waals surface area contributed by atoms with Crippen LogP contribution in [0.2, 0.25) is 0 Å². The van der Waals surface area contributed by atoms with E-state index in [0.717, 1.165) is 16.0 Å². The van der Waals surface area contributed by atoms with Crippen molar-refractivity contribution in [2.45, 2.75) is 43.7 Å². The average molecular weight is 498 g/mol. The Hall–Kier alpha value is -3.01. The number of fused-ring (bicyclic) bond motifs is 1. The van der Waals surface area contributed by atoms with Crippen molar-refractivity contribution in [2.75, 3.05) is 11.9 Å². The molecule has 0 fully saturated rings. The first-order valence-electron chi connectivity index (χ1n) is 11.2. The van der Waals surface area contributed by atoms with Gasteiger partial charge in [0.05, 0.1) is 17.5 Å². The quantitative estimate of drug-likeness (QED) is 0.490. The predicted octanol–water partition coefficient (Wildman–Crippen LogP) is 4.09. The fraction of sp³-hybridized carbons (Fsp3) is 0.280. The molecule has 2 N–H and O–H groups in total. The summed E-state index contributed by atoms with van der Waals surface area (Å²) in [7, 11) is -3.87. The van der Waals surface area contributed by atoms with Gasteiger partial charge in [-0.2, -0.15) is 4.31 Å². The molecule has 3 aromatic rings. The lowest BCUT2D eigenvalue weighted by Crippen LogP contribution is -2.42. The molecule has 1 atom stereocenters. The lowest BCUT2D eigenvalue weighted by Gasteiger charge is -2.36. The smallest absolute Gasteiger partial charge is 0.243 e. The van der Waals surface area contributed by atoms with Gasteiger partial charge in [-0.15, -0.1) is 11.3 Å². The van der Waals surface area contributed by atoms with Crippen LogP contribution in [0.3, 0.4) is 0 Å². The minimum absolute atomic E-state index is 0.0340. The summed E-state index contributed by atoms with van der Waals surface area (Å²) in [5.74, 6) is -0.343. The molecule has 1 aliphatic rings. The van der Waals surface area contributed by atoms with E-state index in [4.69, 9.17) is 0 Å². The molecule has 34 heavy (non-hydrogen) atoms. The number of nitrogens with one attached hydrogen (secondary N) is 2. The molecule has 0 spiro atoms. The van der Waals surface area contributed by atoms with Gasteiger partial charge in [0.2, 0.25) is 21.8 Å². The van der Waals surface area contributed by atoms with Gasteiger partial charge in [0, 0.05) is 30.0 Å². The van der Waals surface area contributed by atoms with Crippen LogP contribution in [0, 0.1) is 0 Å². The van der Waals surface area contributed by atoms with Crippen LogP contribution in [0.5, 0.6) is 0 Å². The number of amides is 2. The zero-order valence-corrected chi connectivity index (χ0v) is 20.5. The van der Waals surface area contributed by atoms with Crippen LogP contribution in [0.25, 0.3) is 0 Å². The van der Waals surface area contributed by atoms with E-state index in [0.29, 0.717) is 25.1 Å². The molecule has 1 aromatic heterocycles. The second-order valence-electron chi connectivity index (χ2n) is 8.07. The van der Waals surface area contributed by atoms with Gasteiger partial charge in [-0.05, 0) is 53.3 Å². The second kappa shape index (κ2) is 10.5. The number of carbonyl (C=O) groups excluding carboxylic acids is 2. The van der Waals surface area contributed by atoms with Gasteiger partial charge in [-0.25, -0.2) is 8.42 Å². The molecule has 7 nitrogen and oxygen atoms in total. The van der Waals surface area contributed by atoms with Crippen molar-refractivity contribution in [2.24, 2.45) is 0 Å². The summed E-state index contributed by atoms with van der Waals surface area (Å²) >= 11 is 1.56. The van der Waals surface area contributed by atoms with Gasteiger partial charge >= 0.3 is 0 Å². The largest absolute Gasteiger partial charge is 0.351 e. The minimum atomic E-state index is -3.87. The predicted molar refractivity (Wildman–Crippen MR) is 133 cm³/mol. The monoisotopic (exact) mass is 497 g/mol. The molecule has 2 amide bonds. The number of hydrogen-bond donors (Lipinski definition) is 2. The maximum Gasteiger partial charge on any atom is 0.243 e. The van der Waals surface area contributed by atoms with E-state index >= 15 is 0 Å². The summed E-state index contributed by atoms with van der Waals surface area (Å²) in [4.78, 5) is 25.6. The molecular weight excluding hydrogens is 470 g/mol. The number of nitrogens with zero attached hydrogens (tertiary/aromatic N) is 1. The van der Waals surface area contributed by atoms with E-state index in [1.807, 2.05) is 41.8 Å². The van der Waals surface area contributed by atoms with Gasteiger partial charge in [0.25, 0.3) is 0 Å². The van der Waals surface area contributed by atoms with Crippen molar-refractivity contribution in [1.29, 1.82) is 0 Å². The topological polar surface area (TPSA) is 95.6 Å². The Labute approximate surface area is 203 Å². The van der Waals surface area contributed by atoms with Gasteiger partial charge in [-0.1, -0.05) is 37.3 Å². The summed E-state index contributed by atoms with van der Waals surface area (Å²) in [6, 6.07) is 17.1. The number of carbonyl (C=O) groups is 2. The van der Waals surface area contributed by atoms with Crippen molar-refractivity contribution in [3.63, 3.8) is 0 Å². The number of hydrogen-bond acceptors (Lipinski definition) is 5. The van der Waals surface area contributed by atoms with E-state index in [-0.39, 0.29) is 29.7 Å². The molecule has 0 bridgehead atoms. The molecule has 2 heterocycles. The van der Waals surface area contributed by atoms with Gasteiger partial charge < -0.3 is 10.6 Å². The molecule has 0 aliphatic carbocycles.